The molecule has 1 aromatic heterocycles. The average Bonchev–Trinajstić information content (AvgIpc) is 2.77. The van der Waals surface area contributed by atoms with Gasteiger partial charge in [0.15, 0.2) is 0 Å². The van der Waals surface area contributed by atoms with Crippen LogP contribution >= 0.6 is 0 Å². The first-order chi connectivity index (χ1) is 9.30. The summed E-state index contributed by atoms with van der Waals surface area (Å²) in [5.74, 6) is 2.36. The fourth-order valence-corrected chi connectivity index (χ4v) is 2.99. The Morgan fingerprint density at radius 1 is 1.15 bits per heavy atom. The molecule has 1 fully saturated rings. The van der Waals surface area contributed by atoms with E-state index in [4.69, 9.17) is 0 Å². The van der Waals surface area contributed by atoms with E-state index in [9.17, 15) is 0 Å². The van der Waals surface area contributed by atoms with Gasteiger partial charge < -0.3 is 10.6 Å². The molecule has 0 bridgehead atoms. The van der Waals surface area contributed by atoms with Gasteiger partial charge in [-0.1, -0.05) is 34.6 Å². The molecule has 0 aliphatic heterocycles. The van der Waals surface area contributed by atoms with Gasteiger partial charge in [-0.3, -0.25) is 0 Å². The lowest BCUT2D eigenvalue weighted by Gasteiger charge is -2.11. The van der Waals surface area contributed by atoms with Crippen LogP contribution in [0.15, 0.2) is 6.20 Å². The van der Waals surface area contributed by atoms with E-state index < -0.39 is 0 Å². The second kappa shape index (κ2) is 5.23. The molecule has 0 saturated heterocycles. The third-order valence-electron chi connectivity index (χ3n) is 5.30. The number of rotatable bonds is 6. The molecule has 0 radical (unpaired) electrons. The van der Waals surface area contributed by atoms with Crippen LogP contribution in [0.2, 0.25) is 0 Å². The van der Waals surface area contributed by atoms with Crippen molar-refractivity contribution in [2.24, 2.45) is 16.7 Å². The van der Waals surface area contributed by atoms with Crippen molar-refractivity contribution in [3.05, 3.63) is 11.8 Å². The number of aryl methyl sites for hydroxylation is 1. The van der Waals surface area contributed by atoms with Crippen molar-refractivity contribution in [3.63, 3.8) is 0 Å². The van der Waals surface area contributed by atoms with Crippen molar-refractivity contribution in [1.29, 1.82) is 0 Å². The van der Waals surface area contributed by atoms with E-state index in [1.165, 1.54) is 0 Å². The maximum Gasteiger partial charge on any atom is 0.224 e. The minimum Gasteiger partial charge on any atom is -0.369 e. The summed E-state index contributed by atoms with van der Waals surface area (Å²) in [5.41, 5.74) is 1.91. The summed E-state index contributed by atoms with van der Waals surface area (Å²) in [5, 5.41) is 6.75. The van der Waals surface area contributed by atoms with Crippen LogP contribution in [0.25, 0.3) is 0 Å². The number of nitrogens with zero attached hydrogens (tertiary/aromatic N) is 2. The van der Waals surface area contributed by atoms with Gasteiger partial charge in [0.2, 0.25) is 5.95 Å². The second-order valence-electron chi connectivity index (χ2n) is 7.03. The zero-order valence-corrected chi connectivity index (χ0v) is 13.7. The second-order valence-corrected chi connectivity index (χ2v) is 7.03. The predicted molar refractivity (Wildman–Crippen MR) is 85.1 cm³/mol. The molecule has 0 aromatic carbocycles. The topological polar surface area (TPSA) is 49.8 Å². The summed E-state index contributed by atoms with van der Waals surface area (Å²) in [6.07, 6.45) is 2.96. The Labute approximate surface area is 122 Å². The maximum absolute atomic E-state index is 4.57. The van der Waals surface area contributed by atoms with E-state index in [-0.39, 0.29) is 0 Å². The third-order valence-corrected chi connectivity index (χ3v) is 5.30. The molecule has 2 rings (SSSR count). The zero-order valence-electron chi connectivity index (χ0n) is 13.7. The van der Waals surface area contributed by atoms with Gasteiger partial charge in [0, 0.05) is 24.8 Å². The number of hydrogen-bond donors (Lipinski definition) is 2. The summed E-state index contributed by atoms with van der Waals surface area (Å²) in [6, 6.07) is 0. The summed E-state index contributed by atoms with van der Waals surface area (Å²) in [7, 11) is 0. The number of nitrogens with one attached hydrogen (secondary N) is 2. The largest absolute Gasteiger partial charge is 0.369 e. The van der Waals surface area contributed by atoms with Crippen LogP contribution in [0.4, 0.5) is 11.8 Å². The molecule has 0 amide bonds. The zero-order chi connectivity index (χ0) is 15.0. The molecule has 112 valence electrons. The van der Waals surface area contributed by atoms with Gasteiger partial charge in [-0.15, -0.1) is 0 Å². The van der Waals surface area contributed by atoms with Crippen molar-refractivity contribution in [2.45, 2.75) is 48.0 Å². The first-order valence-corrected chi connectivity index (χ1v) is 7.62. The lowest BCUT2D eigenvalue weighted by atomic mass is 10.0. The van der Waals surface area contributed by atoms with Crippen LogP contribution in [0.1, 0.15) is 46.6 Å². The molecule has 4 nitrogen and oxygen atoms in total. The highest BCUT2D eigenvalue weighted by atomic mass is 15.1. The van der Waals surface area contributed by atoms with Crippen LogP contribution in [-0.2, 0) is 0 Å². The smallest absolute Gasteiger partial charge is 0.224 e. The average molecular weight is 276 g/mol. The van der Waals surface area contributed by atoms with Crippen molar-refractivity contribution >= 4 is 11.8 Å². The highest BCUT2D eigenvalue weighted by Crippen LogP contribution is 2.68. The SMILES string of the molecule is CCCNc1ncc(C)c(NCC2C(C)(C)C2(C)C)n1. The van der Waals surface area contributed by atoms with E-state index in [1.807, 2.05) is 6.20 Å². The molecule has 20 heavy (non-hydrogen) atoms. The normalized spacial score (nSPS) is 19.7. The molecule has 0 atom stereocenters. The minimum atomic E-state index is 0.407. The van der Waals surface area contributed by atoms with E-state index in [1.54, 1.807) is 0 Å². The van der Waals surface area contributed by atoms with Crippen LogP contribution in [0, 0.1) is 23.7 Å². The quantitative estimate of drug-likeness (QED) is 0.832. The van der Waals surface area contributed by atoms with Gasteiger partial charge in [-0.25, -0.2) is 4.98 Å². The Morgan fingerprint density at radius 3 is 2.35 bits per heavy atom. The number of aromatic nitrogens is 2. The van der Waals surface area contributed by atoms with Gasteiger partial charge in [0.05, 0.1) is 0 Å². The molecule has 1 aromatic rings. The molecule has 1 aliphatic carbocycles. The van der Waals surface area contributed by atoms with Crippen LogP contribution in [-0.4, -0.2) is 23.1 Å². The van der Waals surface area contributed by atoms with E-state index in [2.05, 4.69) is 62.1 Å². The van der Waals surface area contributed by atoms with E-state index in [0.717, 1.165) is 30.9 Å². The molecule has 2 N–H and O–H groups in total. The fourth-order valence-electron chi connectivity index (χ4n) is 2.99. The Kier molecular flexibility index (Phi) is 3.94. The highest BCUT2D eigenvalue weighted by molar-refractivity contribution is 5.46. The Balaban J connectivity index is 1.99. The monoisotopic (exact) mass is 276 g/mol. The predicted octanol–water partition coefficient (Wildman–Crippen LogP) is 3.70. The fraction of sp³-hybridized carbons (Fsp3) is 0.750. The first-order valence-electron chi connectivity index (χ1n) is 7.62. The van der Waals surface area contributed by atoms with Crippen LogP contribution < -0.4 is 10.6 Å². The Hall–Kier alpha value is -1.32. The van der Waals surface area contributed by atoms with Gasteiger partial charge in [-0.05, 0) is 30.1 Å². The molecular weight excluding hydrogens is 248 g/mol. The molecular formula is C16H28N4. The minimum absolute atomic E-state index is 0.407. The summed E-state index contributed by atoms with van der Waals surface area (Å²) < 4.78 is 0. The van der Waals surface area contributed by atoms with Gasteiger partial charge in [0.25, 0.3) is 0 Å². The van der Waals surface area contributed by atoms with Crippen molar-refractivity contribution in [3.8, 4) is 0 Å². The van der Waals surface area contributed by atoms with Gasteiger partial charge in [0.1, 0.15) is 5.82 Å². The Morgan fingerprint density at radius 2 is 1.80 bits per heavy atom. The van der Waals surface area contributed by atoms with Crippen molar-refractivity contribution in [1.82, 2.24) is 9.97 Å². The van der Waals surface area contributed by atoms with Crippen LogP contribution in [0.3, 0.4) is 0 Å². The third kappa shape index (κ3) is 2.60. The summed E-state index contributed by atoms with van der Waals surface area (Å²) in [4.78, 5) is 8.89. The molecule has 0 spiro atoms. The molecule has 1 aliphatic rings. The van der Waals surface area contributed by atoms with Crippen molar-refractivity contribution in [2.75, 3.05) is 23.7 Å². The lowest BCUT2D eigenvalue weighted by molar-refractivity contribution is 0.457. The maximum atomic E-state index is 4.57. The highest BCUT2D eigenvalue weighted by Gasteiger charge is 2.64. The molecule has 0 unspecified atom stereocenters. The Bertz CT molecular complexity index is 465. The van der Waals surface area contributed by atoms with Crippen molar-refractivity contribution < 1.29 is 0 Å². The standard InChI is InChI=1S/C16H28N4/c1-7-8-17-14-19-9-11(2)13(20-14)18-10-12-15(3,4)16(12,5)6/h9,12H,7-8,10H2,1-6H3,(H2,17,18,19,20). The van der Waals surface area contributed by atoms with E-state index >= 15 is 0 Å². The lowest BCUT2D eigenvalue weighted by Crippen LogP contribution is -2.12. The first kappa shape index (κ1) is 15.1. The number of hydrogen-bond acceptors (Lipinski definition) is 4. The number of anilines is 2. The van der Waals surface area contributed by atoms with E-state index in [0.29, 0.717) is 22.7 Å². The summed E-state index contributed by atoms with van der Waals surface area (Å²) >= 11 is 0. The molecule has 4 heteroatoms. The van der Waals surface area contributed by atoms with Gasteiger partial charge in [-0.2, -0.15) is 4.98 Å². The molecule has 1 saturated carbocycles. The van der Waals surface area contributed by atoms with Crippen LogP contribution in [0.5, 0.6) is 0 Å². The summed E-state index contributed by atoms with van der Waals surface area (Å²) in [6.45, 7) is 15.5. The molecule has 1 heterocycles. The van der Waals surface area contributed by atoms with Gasteiger partial charge >= 0.3 is 0 Å².